The molecule has 9 heteroatoms. The number of ether oxygens (including phenoxy) is 4. The first-order valence-corrected chi connectivity index (χ1v) is 11.2. The molecule has 0 bridgehead atoms. The highest BCUT2D eigenvalue weighted by molar-refractivity contribution is 8.03. The smallest absolute Gasteiger partial charge is 0.231 e. The van der Waals surface area contributed by atoms with Crippen LogP contribution in [0.5, 0.6) is 23.0 Å². The monoisotopic (exact) mass is 468 g/mol. The van der Waals surface area contributed by atoms with Crippen LogP contribution in [-0.2, 0) is 10.5 Å². The maximum atomic E-state index is 13.4. The fraction of sp³-hybridized carbons (Fsp3) is 0.333. The van der Waals surface area contributed by atoms with Crippen molar-refractivity contribution in [3.05, 3.63) is 58.1 Å². The molecule has 2 aliphatic rings. The van der Waals surface area contributed by atoms with Gasteiger partial charge in [0.15, 0.2) is 28.7 Å². The van der Waals surface area contributed by atoms with E-state index < -0.39 is 11.6 Å². The van der Waals surface area contributed by atoms with Gasteiger partial charge in [0.25, 0.3) is 0 Å². The minimum absolute atomic E-state index is 0.0397. The molecule has 172 valence electrons. The van der Waals surface area contributed by atoms with Crippen molar-refractivity contribution in [1.29, 1.82) is 5.26 Å². The summed E-state index contributed by atoms with van der Waals surface area (Å²) in [6, 6.07) is 12.7. The molecule has 1 N–H and O–H groups in total. The second-order valence-electron chi connectivity index (χ2n) is 7.61. The average Bonchev–Trinajstić information content (AvgIpc) is 3.21. The Bertz CT molecular complexity index is 1170. The van der Waals surface area contributed by atoms with E-state index in [2.05, 4.69) is 6.07 Å². The zero-order valence-electron chi connectivity index (χ0n) is 18.7. The van der Waals surface area contributed by atoms with E-state index in [-0.39, 0.29) is 18.1 Å². The third kappa shape index (κ3) is 3.65. The number of allylic oxidation sites excluding steroid dienone is 1. The number of hydrogen-bond donors (Lipinski definition) is 1. The molecule has 0 aromatic heterocycles. The largest absolute Gasteiger partial charge is 0.493 e. The summed E-state index contributed by atoms with van der Waals surface area (Å²) >= 11 is 1.29. The number of carbonyl (C=O) groups is 1. The van der Waals surface area contributed by atoms with Crippen molar-refractivity contribution in [2.45, 2.75) is 18.1 Å². The van der Waals surface area contributed by atoms with Crippen LogP contribution in [-0.4, -0.2) is 50.1 Å². The van der Waals surface area contributed by atoms with Gasteiger partial charge in [-0.25, -0.2) is 0 Å². The van der Waals surface area contributed by atoms with E-state index in [4.69, 9.17) is 18.9 Å². The summed E-state index contributed by atoms with van der Waals surface area (Å²) in [4.78, 5) is 14.7. The third-order valence-electron chi connectivity index (χ3n) is 5.97. The molecule has 2 aromatic rings. The zero-order chi connectivity index (χ0) is 23.8. The van der Waals surface area contributed by atoms with E-state index in [1.165, 1.54) is 38.0 Å². The fourth-order valence-electron chi connectivity index (χ4n) is 4.28. The molecule has 4 rings (SSSR count). The number of thioether (sulfide) groups is 1. The highest BCUT2D eigenvalue weighted by Crippen LogP contribution is 2.52. The van der Waals surface area contributed by atoms with Crippen molar-refractivity contribution in [1.82, 2.24) is 4.90 Å². The maximum absolute atomic E-state index is 13.4. The van der Waals surface area contributed by atoms with Gasteiger partial charge in [-0.05, 0) is 29.8 Å². The van der Waals surface area contributed by atoms with Crippen molar-refractivity contribution >= 4 is 17.7 Å². The normalized spacial score (nSPS) is 22.0. The van der Waals surface area contributed by atoms with Crippen molar-refractivity contribution < 1.29 is 28.8 Å². The van der Waals surface area contributed by atoms with E-state index >= 15 is 0 Å². The molecule has 1 fully saturated rings. The molecule has 1 amide bonds. The van der Waals surface area contributed by atoms with E-state index in [1.54, 1.807) is 37.4 Å². The van der Waals surface area contributed by atoms with Gasteiger partial charge in [0.2, 0.25) is 5.91 Å². The molecular formula is C24H24N2O6S. The number of rotatable bonds is 6. The summed E-state index contributed by atoms with van der Waals surface area (Å²) in [6.07, 6.45) is 0.0397. The van der Waals surface area contributed by atoms with Crippen LogP contribution in [0.25, 0.3) is 0 Å². The van der Waals surface area contributed by atoms with Crippen LogP contribution >= 0.6 is 11.8 Å². The first kappa shape index (κ1) is 22.8. The lowest BCUT2D eigenvalue weighted by Crippen LogP contribution is -2.48. The Labute approximate surface area is 196 Å². The molecule has 0 spiro atoms. The average molecular weight is 469 g/mol. The van der Waals surface area contributed by atoms with E-state index in [0.29, 0.717) is 39.2 Å². The van der Waals surface area contributed by atoms with E-state index in [9.17, 15) is 15.2 Å². The molecule has 2 atom stereocenters. The minimum atomic E-state index is -1.61. The number of aliphatic hydroxyl groups is 1. The summed E-state index contributed by atoms with van der Waals surface area (Å²) < 4.78 is 21.3. The lowest BCUT2D eigenvalue weighted by molar-refractivity contribution is -0.149. The summed E-state index contributed by atoms with van der Waals surface area (Å²) in [6.45, 7) is 0. The van der Waals surface area contributed by atoms with E-state index in [1.807, 2.05) is 6.07 Å². The summed E-state index contributed by atoms with van der Waals surface area (Å²) in [5.41, 5.74) is 0.0781. The van der Waals surface area contributed by atoms with Gasteiger partial charge in [-0.1, -0.05) is 12.1 Å². The van der Waals surface area contributed by atoms with Crippen LogP contribution in [0.1, 0.15) is 23.5 Å². The van der Waals surface area contributed by atoms with Gasteiger partial charge in [0.05, 0.1) is 50.9 Å². The first-order valence-electron chi connectivity index (χ1n) is 10.2. The van der Waals surface area contributed by atoms with Crippen molar-refractivity contribution in [3.63, 3.8) is 0 Å². The van der Waals surface area contributed by atoms with Crippen molar-refractivity contribution in [2.24, 2.45) is 0 Å². The van der Waals surface area contributed by atoms with Gasteiger partial charge in [-0.2, -0.15) is 5.26 Å². The summed E-state index contributed by atoms with van der Waals surface area (Å²) in [7, 11) is 6.12. The number of amides is 1. The van der Waals surface area contributed by atoms with Crippen molar-refractivity contribution in [2.75, 3.05) is 34.2 Å². The Hall–Kier alpha value is -3.35. The van der Waals surface area contributed by atoms with Gasteiger partial charge in [-0.15, -0.1) is 11.8 Å². The summed E-state index contributed by atoms with van der Waals surface area (Å²) in [5.74, 6) is 1.51. The number of nitriles is 1. The molecule has 2 aliphatic heterocycles. The van der Waals surface area contributed by atoms with E-state index in [0.717, 1.165) is 5.56 Å². The Morgan fingerprint density at radius 1 is 1.00 bits per heavy atom. The number of benzene rings is 2. The number of hydrogen-bond acceptors (Lipinski definition) is 8. The maximum Gasteiger partial charge on any atom is 0.231 e. The van der Waals surface area contributed by atoms with Gasteiger partial charge < -0.3 is 24.1 Å². The molecule has 33 heavy (non-hydrogen) atoms. The Morgan fingerprint density at radius 3 is 2.21 bits per heavy atom. The van der Waals surface area contributed by atoms with Crippen LogP contribution in [0.15, 0.2) is 47.0 Å². The predicted molar refractivity (Wildman–Crippen MR) is 122 cm³/mol. The third-order valence-corrected chi connectivity index (χ3v) is 7.19. The van der Waals surface area contributed by atoms with Gasteiger partial charge >= 0.3 is 0 Å². The highest BCUT2D eigenvalue weighted by atomic mass is 32.2. The Morgan fingerprint density at radius 2 is 1.61 bits per heavy atom. The molecule has 2 heterocycles. The van der Waals surface area contributed by atoms with Gasteiger partial charge in [0, 0.05) is 17.9 Å². The number of methoxy groups -OCH3 is 4. The SMILES string of the molecule is COc1ccc([C@H]2CC(=O)N3C(=C2C#N)SC[C@@]3(O)c2ccc(OC)c(OC)c2)cc1OC. The Kier molecular flexibility index (Phi) is 6.15. The van der Waals surface area contributed by atoms with Gasteiger partial charge in [0.1, 0.15) is 0 Å². The molecule has 0 radical (unpaired) electrons. The number of carbonyl (C=O) groups excluding carboxylic acids is 1. The Balaban J connectivity index is 1.78. The second-order valence-corrected chi connectivity index (χ2v) is 8.57. The van der Waals surface area contributed by atoms with Crippen molar-refractivity contribution in [3.8, 4) is 29.1 Å². The zero-order valence-corrected chi connectivity index (χ0v) is 19.6. The van der Waals surface area contributed by atoms with Crippen LogP contribution in [0.2, 0.25) is 0 Å². The van der Waals surface area contributed by atoms with Crippen LogP contribution in [0.3, 0.4) is 0 Å². The number of fused-ring (bicyclic) bond motifs is 1. The molecular weight excluding hydrogens is 444 g/mol. The topological polar surface area (TPSA) is 101 Å². The molecule has 0 aliphatic carbocycles. The van der Waals surface area contributed by atoms with Gasteiger partial charge in [-0.3, -0.25) is 9.69 Å². The van der Waals surface area contributed by atoms with Crippen LogP contribution in [0.4, 0.5) is 0 Å². The lowest BCUT2D eigenvalue weighted by atomic mass is 9.85. The van der Waals surface area contributed by atoms with Crippen LogP contribution < -0.4 is 18.9 Å². The quantitative estimate of drug-likeness (QED) is 0.689. The first-order chi connectivity index (χ1) is 15.9. The lowest BCUT2D eigenvalue weighted by Gasteiger charge is -2.38. The fourth-order valence-corrected chi connectivity index (χ4v) is 5.64. The molecule has 1 saturated heterocycles. The molecule has 2 aromatic carbocycles. The van der Waals surface area contributed by atoms with Crippen LogP contribution in [0, 0.1) is 11.3 Å². The number of nitrogens with zero attached hydrogens (tertiary/aromatic N) is 2. The molecule has 8 nitrogen and oxygen atoms in total. The molecule has 0 unspecified atom stereocenters. The second kappa shape index (κ2) is 8.89. The summed E-state index contributed by atoms with van der Waals surface area (Å²) in [5, 5.41) is 22.1. The highest BCUT2D eigenvalue weighted by Gasteiger charge is 2.52. The predicted octanol–water partition coefficient (Wildman–Crippen LogP) is 3.36. The standard InChI is InChI=1S/C24H24N2O6S/c1-29-18-7-5-14(9-20(18)31-3)16-11-22(27)26-23(17(16)12-25)33-13-24(26,28)15-6-8-19(30-2)21(10-15)32-4/h5-10,16,28H,11,13H2,1-4H3/t16-,24-/m1/s1. The minimum Gasteiger partial charge on any atom is -0.493 e. The molecule has 0 saturated carbocycles.